The van der Waals surface area contributed by atoms with Crippen LogP contribution >= 0.6 is 0 Å². The normalized spacial score (nSPS) is 48.7. The second-order valence-corrected chi connectivity index (χ2v) is 14.5. The van der Waals surface area contributed by atoms with Crippen LogP contribution in [0.5, 0.6) is 0 Å². The summed E-state index contributed by atoms with van der Waals surface area (Å²) in [6.07, 6.45) is 12.7. The van der Waals surface area contributed by atoms with Crippen LogP contribution in [-0.4, -0.2) is 28.6 Å². The Morgan fingerprint density at radius 1 is 1.00 bits per heavy atom. The van der Waals surface area contributed by atoms with E-state index in [4.69, 9.17) is 0 Å². The molecule has 37 heavy (non-hydrogen) atoms. The number of ketones is 1. The Morgan fingerprint density at radius 3 is 2.30 bits per heavy atom. The standard InChI is InChI=1S/C32H43NO4/c1-27-10-11-28(2,26(36)37)18-25(27)32(6)15-13-29(3)22-17-23(35)21(9-16-33)30(4,19-34)20(22)7-8-24(29)31(32,5)14-12-27/h7-8,17,21,25,34H,9-15,18-19H2,1-6H3,(H,36,37)/t21?,25-,27-,28-,29+,30+,31-,32+/m1/s1. The fraction of sp³-hybridized carbons (Fsp3) is 0.719. The molecular formula is C32H43NO4. The van der Waals surface area contributed by atoms with Crippen molar-refractivity contribution in [2.24, 2.45) is 44.3 Å². The Hall–Kier alpha value is -2.19. The third-order valence-electron chi connectivity index (χ3n) is 12.8. The lowest BCUT2D eigenvalue weighted by Crippen LogP contribution is -2.62. The largest absolute Gasteiger partial charge is 0.481 e. The van der Waals surface area contributed by atoms with E-state index in [-0.39, 0.29) is 40.5 Å². The van der Waals surface area contributed by atoms with Crippen molar-refractivity contribution in [2.45, 2.75) is 92.9 Å². The fourth-order valence-electron chi connectivity index (χ4n) is 9.67. The molecule has 200 valence electrons. The highest BCUT2D eigenvalue weighted by Crippen LogP contribution is 2.76. The van der Waals surface area contributed by atoms with E-state index < -0.39 is 22.7 Å². The zero-order valence-corrected chi connectivity index (χ0v) is 23.4. The second-order valence-electron chi connectivity index (χ2n) is 14.5. The van der Waals surface area contributed by atoms with E-state index in [2.05, 4.69) is 45.9 Å². The van der Waals surface area contributed by atoms with Crippen LogP contribution < -0.4 is 0 Å². The third kappa shape index (κ3) is 3.17. The van der Waals surface area contributed by atoms with Gasteiger partial charge in [0.1, 0.15) is 0 Å². The van der Waals surface area contributed by atoms with Crippen molar-refractivity contribution in [3.05, 3.63) is 34.9 Å². The number of hydrogen-bond donors (Lipinski definition) is 2. The van der Waals surface area contributed by atoms with Gasteiger partial charge in [0.05, 0.1) is 18.1 Å². The molecule has 0 aromatic rings. The van der Waals surface area contributed by atoms with Crippen LogP contribution in [0.25, 0.3) is 0 Å². The zero-order valence-electron chi connectivity index (χ0n) is 23.4. The van der Waals surface area contributed by atoms with E-state index >= 15 is 0 Å². The number of carboxylic acid groups (broad SMARTS) is 1. The topological polar surface area (TPSA) is 98.4 Å². The van der Waals surface area contributed by atoms with E-state index in [0.717, 1.165) is 56.1 Å². The summed E-state index contributed by atoms with van der Waals surface area (Å²) in [7, 11) is 0. The zero-order chi connectivity index (χ0) is 27.2. The van der Waals surface area contributed by atoms with Crippen LogP contribution in [0.3, 0.4) is 0 Å². The first kappa shape index (κ1) is 26.4. The van der Waals surface area contributed by atoms with Gasteiger partial charge in [-0.1, -0.05) is 52.3 Å². The third-order valence-corrected chi connectivity index (χ3v) is 12.8. The summed E-state index contributed by atoms with van der Waals surface area (Å²) in [5.41, 5.74) is 1.59. The van der Waals surface area contributed by atoms with Crippen molar-refractivity contribution in [2.75, 3.05) is 6.61 Å². The highest BCUT2D eigenvalue weighted by Gasteiger charge is 2.67. The van der Waals surface area contributed by atoms with Crippen molar-refractivity contribution in [1.82, 2.24) is 0 Å². The number of carbonyl (C=O) groups is 2. The number of aliphatic hydroxyl groups is 1. The maximum Gasteiger partial charge on any atom is 0.309 e. The van der Waals surface area contributed by atoms with Crippen LogP contribution in [0, 0.1) is 55.7 Å². The number of carbonyl (C=O) groups excluding carboxylic acids is 1. The number of hydrogen-bond acceptors (Lipinski definition) is 4. The van der Waals surface area contributed by atoms with Crippen LogP contribution in [0.15, 0.2) is 34.9 Å². The minimum absolute atomic E-state index is 0.0450. The van der Waals surface area contributed by atoms with Gasteiger partial charge in [0, 0.05) is 23.2 Å². The maximum absolute atomic E-state index is 13.4. The molecule has 0 bridgehead atoms. The van der Waals surface area contributed by atoms with Crippen LogP contribution in [0.1, 0.15) is 92.9 Å². The van der Waals surface area contributed by atoms with E-state index in [9.17, 15) is 25.1 Å². The Labute approximate surface area is 221 Å². The summed E-state index contributed by atoms with van der Waals surface area (Å²) < 4.78 is 0. The van der Waals surface area contributed by atoms with Crippen molar-refractivity contribution in [3.8, 4) is 6.07 Å². The van der Waals surface area contributed by atoms with Gasteiger partial charge >= 0.3 is 5.97 Å². The highest BCUT2D eigenvalue weighted by molar-refractivity contribution is 5.97. The van der Waals surface area contributed by atoms with Gasteiger partial charge in [-0.3, -0.25) is 9.59 Å². The Bertz CT molecular complexity index is 1210. The minimum atomic E-state index is -0.776. The number of rotatable bonds is 3. The smallest absolute Gasteiger partial charge is 0.309 e. The second kappa shape index (κ2) is 7.92. The summed E-state index contributed by atoms with van der Waals surface area (Å²) in [5, 5.41) is 30.1. The average molecular weight is 506 g/mol. The van der Waals surface area contributed by atoms with Crippen LogP contribution in [-0.2, 0) is 9.59 Å². The summed E-state index contributed by atoms with van der Waals surface area (Å²) >= 11 is 0. The molecule has 0 amide bonds. The van der Waals surface area contributed by atoms with E-state index in [1.807, 2.05) is 13.8 Å². The minimum Gasteiger partial charge on any atom is -0.481 e. The molecule has 0 radical (unpaired) electrons. The van der Waals surface area contributed by atoms with Crippen molar-refractivity contribution >= 4 is 11.8 Å². The average Bonchev–Trinajstić information content (AvgIpc) is 2.85. The molecule has 5 nitrogen and oxygen atoms in total. The number of nitriles is 1. The Kier molecular flexibility index (Phi) is 5.65. The van der Waals surface area contributed by atoms with E-state index in [1.54, 1.807) is 6.08 Å². The van der Waals surface area contributed by atoms with Gasteiger partial charge in [-0.05, 0) is 91.3 Å². The predicted octanol–water partition coefficient (Wildman–Crippen LogP) is 6.39. The number of allylic oxidation sites excluding steroid dienone is 5. The highest BCUT2D eigenvalue weighted by atomic mass is 16.4. The molecule has 0 heterocycles. The first-order valence-corrected chi connectivity index (χ1v) is 14.1. The van der Waals surface area contributed by atoms with Gasteiger partial charge in [-0.15, -0.1) is 0 Å². The number of carboxylic acids is 1. The molecule has 2 N–H and O–H groups in total. The molecule has 1 unspecified atom stereocenters. The summed E-state index contributed by atoms with van der Waals surface area (Å²) in [6, 6.07) is 2.17. The molecule has 0 saturated heterocycles. The van der Waals surface area contributed by atoms with E-state index in [1.165, 1.54) is 5.57 Å². The molecule has 5 rings (SSSR count). The van der Waals surface area contributed by atoms with Gasteiger partial charge in [0.15, 0.2) is 5.78 Å². The molecule has 5 aliphatic carbocycles. The molecule has 8 atom stereocenters. The Morgan fingerprint density at radius 2 is 1.68 bits per heavy atom. The maximum atomic E-state index is 13.4. The summed E-state index contributed by atoms with van der Waals surface area (Å²) in [4.78, 5) is 25.7. The monoisotopic (exact) mass is 505 g/mol. The number of nitrogens with zero attached hydrogens (tertiary/aromatic N) is 1. The number of aliphatic carboxylic acids is 1. The molecule has 0 spiro atoms. The lowest BCUT2D eigenvalue weighted by molar-refractivity contribution is -0.178. The number of aliphatic hydroxyl groups excluding tert-OH is 1. The molecule has 5 heteroatoms. The van der Waals surface area contributed by atoms with E-state index in [0.29, 0.717) is 5.92 Å². The predicted molar refractivity (Wildman–Crippen MR) is 142 cm³/mol. The Balaban J connectivity index is 1.64. The van der Waals surface area contributed by atoms with Crippen LogP contribution in [0.2, 0.25) is 0 Å². The number of fused-ring (bicyclic) bond motifs is 7. The van der Waals surface area contributed by atoms with Gasteiger partial charge in [0.25, 0.3) is 0 Å². The summed E-state index contributed by atoms with van der Waals surface area (Å²) in [6.45, 7) is 13.2. The van der Waals surface area contributed by atoms with Crippen molar-refractivity contribution in [1.29, 1.82) is 5.26 Å². The fourth-order valence-corrected chi connectivity index (χ4v) is 9.67. The molecular weight excluding hydrogens is 462 g/mol. The van der Waals surface area contributed by atoms with Gasteiger partial charge in [-0.25, -0.2) is 0 Å². The molecule has 0 aliphatic heterocycles. The van der Waals surface area contributed by atoms with Gasteiger partial charge < -0.3 is 10.2 Å². The van der Waals surface area contributed by atoms with Crippen molar-refractivity contribution in [3.63, 3.8) is 0 Å². The molecule has 0 aromatic heterocycles. The van der Waals surface area contributed by atoms with Crippen LogP contribution in [0.4, 0.5) is 0 Å². The summed E-state index contributed by atoms with van der Waals surface area (Å²) in [5.74, 6) is -0.940. The SMILES string of the molecule is C[C@@]1(C(=O)O)CC[C@]2(C)CC[C@]3(C)C4=CC=C5C(=CC(=O)C(CC#N)[C@@]5(C)CO)[C@]4(C)CC[C@@]3(C)[C@@H]2C1. The first-order valence-electron chi connectivity index (χ1n) is 14.1. The molecule has 3 fully saturated rings. The first-order chi connectivity index (χ1) is 17.2. The van der Waals surface area contributed by atoms with Gasteiger partial charge in [-0.2, -0.15) is 5.26 Å². The van der Waals surface area contributed by atoms with Gasteiger partial charge in [0.2, 0.25) is 0 Å². The molecule has 5 aliphatic rings. The lowest BCUT2D eigenvalue weighted by atomic mass is 9.34. The quantitative estimate of drug-likeness (QED) is 0.463. The lowest BCUT2D eigenvalue weighted by Gasteiger charge is -2.70. The van der Waals surface area contributed by atoms with Crippen molar-refractivity contribution < 1.29 is 19.8 Å². The molecule has 0 aromatic carbocycles. The molecule has 3 saturated carbocycles.